The summed E-state index contributed by atoms with van der Waals surface area (Å²) < 4.78 is 14.0. The number of thioether (sulfide) groups is 1. The Labute approximate surface area is 186 Å². The highest BCUT2D eigenvalue weighted by molar-refractivity contribution is 14.1. The zero-order valence-corrected chi connectivity index (χ0v) is 18.8. The van der Waals surface area contributed by atoms with Gasteiger partial charge in [0, 0.05) is 9.32 Å². The van der Waals surface area contributed by atoms with E-state index in [9.17, 15) is 4.79 Å². The second-order valence-electron chi connectivity index (χ2n) is 6.40. The maximum Gasteiger partial charge on any atom is 0.338 e. The van der Waals surface area contributed by atoms with E-state index in [2.05, 4.69) is 51.4 Å². The summed E-state index contributed by atoms with van der Waals surface area (Å²) in [5.74, 6) is 1.33. The molecule has 0 saturated heterocycles. The van der Waals surface area contributed by atoms with E-state index in [4.69, 9.17) is 14.1 Å². The average molecular weight is 518 g/mol. The van der Waals surface area contributed by atoms with Crippen molar-refractivity contribution < 1.29 is 13.9 Å². The minimum atomic E-state index is -0.331. The third kappa shape index (κ3) is 4.67. The molecule has 0 amide bonds. The number of carbonyl (C=O) groups is 1. The summed E-state index contributed by atoms with van der Waals surface area (Å²) >= 11 is 3.99. The zero-order chi connectivity index (χ0) is 20.2. The maximum absolute atomic E-state index is 12.1. The van der Waals surface area contributed by atoms with Gasteiger partial charge in [0.25, 0.3) is 0 Å². The van der Waals surface area contributed by atoms with E-state index in [0.717, 1.165) is 27.7 Å². The minimum absolute atomic E-state index is 0.331. The van der Waals surface area contributed by atoms with E-state index in [1.807, 2.05) is 18.2 Å². The lowest BCUT2D eigenvalue weighted by molar-refractivity contribution is 0.0526. The SMILES string of the molecule is CCOC(=O)c1ccc2c(c1)nc(SCc1cccc(I)c1)n2Cc1ccco1. The molecule has 0 saturated carbocycles. The molecule has 2 aromatic heterocycles. The number of furan rings is 1. The third-order valence-electron chi connectivity index (χ3n) is 4.38. The molecule has 29 heavy (non-hydrogen) atoms. The molecule has 0 aliphatic rings. The molecule has 0 N–H and O–H groups in total. The van der Waals surface area contributed by atoms with Gasteiger partial charge in [0.15, 0.2) is 5.16 Å². The lowest BCUT2D eigenvalue weighted by Gasteiger charge is -2.08. The summed E-state index contributed by atoms with van der Waals surface area (Å²) in [6.07, 6.45) is 1.67. The molecule has 0 atom stereocenters. The molecule has 0 fully saturated rings. The Kier molecular flexibility index (Phi) is 6.25. The highest BCUT2D eigenvalue weighted by Gasteiger charge is 2.16. The molecular formula is C22H19IN2O3S. The first-order chi connectivity index (χ1) is 14.1. The molecule has 5 nitrogen and oxygen atoms in total. The highest BCUT2D eigenvalue weighted by atomic mass is 127. The number of hydrogen-bond acceptors (Lipinski definition) is 5. The van der Waals surface area contributed by atoms with Crippen LogP contribution in [0.3, 0.4) is 0 Å². The van der Waals surface area contributed by atoms with Crippen molar-refractivity contribution in [3.8, 4) is 0 Å². The third-order valence-corrected chi connectivity index (χ3v) is 6.09. The second-order valence-corrected chi connectivity index (χ2v) is 8.59. The summed E-state index contributed by atoms with van der Waals surface area (Å²) in [5, 5.41) is 0.885. The number of fused-ring (bicyclic) bond motifs is 1. The van der Waals surface area contributed by atoms with Crippen molar-refractivity contribution in [3.05, 3.63) is 81.3 Å². The first kappa shape index (κ1) is 20.0. The predicted molar refractivity (Wildman–Crippen MR) is 122 cm³/mol. The van der Waals surface area contributed by atoms with Gasteiger partial charge in [0.05, 0.1) is 36.0 Å². The molecule has 4 aromatic rings. The molecule has 148 valence electrons. The van der Waals surface area contributed by atoms with Crippen molar-refractivity contribution in [2.45, 2.75) is 24.4 Å². The predicted octanol–water partition coefficient (Wildman–Crippen LogP) is 5.75. The molecule has 0 aliphatic carbocycles. The number of halogens is 1. The van der Waals surface area contributed by atoms with Crippen molar-refractivity contribution in [2.24, 2.45) is 0 Å². The Morgan fingerprint density at radius 3 is 2.86 bits per heavy atom. The standard InChI is InChI=1S/C22H19IN2O3S/c1-2-27-21(26)16-8-9-20-19(12-16)24-22(25(20)13-18-7-4-10-28-18)29-14-15-5-3-6-17(23)11-15/h3-12H,2,13-14H2,1H3. The first-order valence-corrected chi connectivity index (χ1v) is 11.3. The fraction of sp³-hybridized carbons (Fsp3) is 0.182. The minimum Gasteiger partial charge on any atom is -0.467 e. The van der Waals surface area contributed by atoms with Gasteiger partial charge in [-0.15, -0.1) is 0 Å². The number of benzene rings is 2. The van der Waals surface area contributed by atoms with Crippen LogP contribution in [0, 0.1) is 3.57 Å². The molecule has 2 heterocycles. The molecule has 4 rings (SSSR count). The van der Waals surface area contributed by atoms with Gasteiger partial charge in [-0.25, -0.2) is 9.78 Å². The smallest absolute Gasteiger partial charge is 0.338 e. The molecule has 0 spiro atoms. The second kappa shape index (κ2) is 9.04. The number of nitrogens with zero attached hydrogens (tertiary/aromatic N) is 2. The first-order valence-electron chi connectivity index (χ1n) is 9.21. The van der Waals surface area contributed by atoms with Gasteiger partial charge in [-0.05, 0) is 77.5 Å². The normalized spacial score (nSPS) is 11.1. The molecule has 0 bridgehead atoms. The van der Waals surface area contributed by atoms with Crippen LogP contribution in [-0.2, 0) is 17.0 Å². The molecule has 7 heteroatoms. The number of aromatic nitrogens is 2. The van der Waals surface area contributed by atoms with Gasteiger partial charge < -0.3 is 13.7 Å². The summed E-state index contributed by atoms with van der Waals surface area (Å²) in [7, 11) is 0. The highest BCUT2D eigenvalue weighted by Crippen LogP contribution is 2.29. The van der Waals surface area contributed by atoms with Crippen molar-refractivity contribution >= 4 is 51.4 Å². The quantitative estimate of drug-likeness (QED) is 0.177. The molecular weight excluding hydrogens is 499 g/mol. The topological polar surface area (TPSA) is 57.3 Å². The fourth-order valence-electron chi connectivity index (χ4n) is 3.05. The van der Waals surface area contributed by atoms with Crippen LogP contribution < -0.4 is 0 Å². The number of esters is 1. The lowest BCUT2D eigenvalue weighted by Crippen LogP contribution is -2.04. The van der Waals surface area contributed by atoms with E-state index in [0.29, 0.717) is 18.7 Å². The van der Waals surface area contributed by atoms with Crippen LogP contribution in [0.1, 0.15) is 28.6 Å². The van der Waals surface area contributed by atoms with Crippen molar-refractivity contribution in [3.63, 3.8) is 0 Å². The molecule has 2 aromatic carbocycles. The Balaban J connectivity index is 1.68. The largest absolute Gasteiger partial charge is 0.467 e. The lowest BCUT2D eigenvalue weighted by atomic mass is 10.2. The van der Waals surface area contributed by atoms with E-state index < -0.39 is 0 Å². The van der Waals surface area contributed by atoms with E-state index in [-0.39, 0.29) is 5.97 Å². The summed E-state index contributed by atoms with van der Waals surface area (Å²) in [4.78, 5) is 16.9. The fourth-order valence-corrected chi connectivity index (χ4v) is 4.61. The zero-order valence-electron chi connectivity index (χ0n) is 15.8. The number of ether oxygens (including phenoxy) is 1. The molecule has 0 unspecified atom stereocenters. The van der Waals surface area contributed by atoms with Crippen molar-refractivity contribution in [1.29, 1.82) is 0 Å². The van der Waals surface area contributed by atoms with Crippen LogP contribution in [0.15, 0.2) is 70.4 Å². The van der Waals surface area contributed by atoms with Crippen LogP contribution in [0.5, 0.6) is 0 Å². The Bertz CT molecular complexity index is 1140. The van der Waals surface area contributed by atoms with Crippen LogP contribution in [0.25, 0.3) is 11.0 Å². The van der Waals surface area contributed by atoms with Crippen molar-refractivity contribution in [1.82, 2.24) is 9.55 Å². The maximum atomic E-state index is 12.1. The number of carbonyl (C=O) groups excluding carboxylic acids is 1. The summed E-state index contributed by atoms with van der Waals surface area (Å²) in [5.41, 5.74) is 3.48. The van der Waals surface area contributed by atoms with Gasteiger partial charge in [-0.3, -0.25) is 0 Å². The van der Waals surface area contributed by atoms with E-state index >= 15 is 0 Å². The van der Waals surface area contributed by atoms with Gasteiger partial charge in [0.1, 0.15) is 5.76 Å². The van der Waals surface area contributed by atoms with Crippen LogP contribution in [0.4, 0.5) is 0 Å². The molecule has 0 aliphatic heterocycles. The Hall–Kier alpha value is -2.26. The van der Waals surface area contributed by atoms with Crippen molar-refractivity contribution in [2.75, 3.05) is 6.61 Å². The van der Waals surface area contributed by atoms with Gasteiger partial charge in [0.2, 0.25) is 0 Å². The number of imidazole rings is 1. The van der Waals surface area contributed by atoms with Gasteiger partial charge >= 0.3 is 5.97 Å². The summed E-state index contributed by atoms with van der Waals surface area (Å²) in [6.45, 7) is 2.73. The van der Waals surface area contributed by atoms with Crippen LogP contribution in [0.2, 0.25) is 0 Å². The average Bonchev–Trinajstić information content (AvgIpc) is 3.35. The number of hydrogen-bond donors (Lipinski definition) is 0. The van der Waals surface area contributed by atoms with E-state index in [1.165, 1.54) is 9.13 Å². The summed E-state index contributed by atoms with van der Waals surface area (Å²) in [6, 6.07) is 17.8. The number of rotatable bonds is 7. The van der Waals surface area contributed by atoms with Gasteiger partial charge in [-0.2, -0.15) is 0 Å². The monoisotopic (exact) mass is 518 g/mol. The Morgan fingerprint density at radius 1 is 1.21 bits per heavy atom. The Morgan fingerprint density at radius 2 is 2.10 bits per heavy atom. The molecule has 0 radical (unpaired) electrons. The van der Waals surface area contributed by atoms with Crippen LogP contribution in [-0.4, -0.2) is 22.1 Å². The van der Waals surface area contributed by atoms with E-state index in [1.54, 1.807) is 37.1 Å². The van der Waals surface area contributed by atoms with Gasteiger partial charge in [-0.1, -0.05) is 23.9 Å². The van der Waals surface area contributed by atoms with Crippen LogP contribution >= 0.6 is 34.4 Å².